The highest BCUT2D eigenvalue weighted by Crippen LogP contribution is 2.17. The Kier molecular flexibility index (Phi) is 5.32. The lowest BCUT2D eigenvalue weighted by Crippen LogP contribution is -2.46. The Balaban J connectivity index is 1.82. The van der Waals surface area contributed by atoms with Gasteiger partial charge >= 0.3 is 0 Å². The number of carbonyl (C=O) groups excluding carboxylic acids is 2. The van der Waals surface area contributed by atoms with Gasteiger partial charge < -0.3 is 15.0 Å². The second-order valence-electron chi connectivity index (χ2n) is 5.33. The zero-order valence-electron chi connectivity index (χ0n) is 12.5. The predicted octanol–water partition coefficient (Wildman–Crippen LogP) is 0.219. The molecule has 1 aromatic heterocycles. The predicted molar refractivity (Wildman–Crippen MR) is 76.4 cm³/mol. The fraction of sp³-hybridized carbons (Fsp3) is 0.643. The minimum absolute atomic E-state index is 0.0226. The summed E-state index contributed by atoms with van der Waals surface area (Å²) in [7, 11) is 1.60. The van der Waals surface area contributed by atoms with Gasteiger partial charge in [0, 0.05) is 32.3 Å². The van der Waals surface area contributed by atoms with Crippen molar-refractivity contribution in [2.75, 3.05) is 26.8 Å². The molecule has 0 spiro atoms. The normalized spacial score (nSPS) is 18.9. The number of H-pyrrole nitrogens is 1. The summed E-state index contributed by atoms with van der Waals surface area (Å²) in [6.45, 7) is 3.82. The number of amides is 2. The lowest BCUT2D eigenvalue weighted by molar-refractivity contribution is -0.138. The fourth-order valence-corrected chi connectivity index (χ4v) is 2.43. The molecule has 116 valence electrons. The van der Waals surface area contributed by atoms with Gasteiger partial charge in [0.05, 0.1) is 24.8 Å². The summed E-state index contributed by atoms with van der Waals surface area (Å²) in [6.07, 6.45) is 1.02. The molecule has 1 aromatic rings. The SMILES string of the molecule is COCCN1C[C@@H](C(=O)NCc2cc(C)[nH]n2)CCC1=O. The van der Waals surface area contributed by atoms with Crippen LogP contribution in [0.1, 0.15) is 24.2 Å². The van der Waals surface area contributed by atoms with Crippen molar-refractivity contribution < 1.29 is 14.3 Å². The summed E-state index contributed by atoms with van der Waals surface area (Å²) in [5.74, 6) is -0.0795. The summed E-state index contributed by atoms with van der Waals surface area (Å²) in [5.41, 5.74) is 1.78. The Labute approximate surface area is 124 Å². The van der Waals surface area contributed by atoms with E-state index in [2.05, 4.69) is 15.5 Å². The van der Waals surface area contributed by atoms with Crippen LogP contribution in [-0.2, 0) is 20.9 Å². The average Bonchev–Trinajstić information content (AvgIpc) is 2.89. The van der Waals surface area contributed by atoms with E-state index < -0.39 is 0 Å². The molecule has 0 bridgehead atoms. The van der Waals surface area contributed by atoms with Crippen molar-refractivity contribution in [2.24, 2.45) is 5.92 Å². The number of carbonyl (C=O) groups is 2. The van der Waals surface area contributed by atoms with Crippen LogP contribution in [0.3, 0.4) is 0 Å². The molecule has 1 atom stereocenters. The van der Waals surface area contributed by atoms with Gasteiger partial charge in [0.25, 0.3) is 0 Å². The zero-order chi connectivity index (χ0) is 15.2. The van der Waals surface area contributed by atoms with Gasteiger partial charge in [0.15, 0.2) is 0 Å². The van der Waals surface area contributed by atoms with Crippen molar-refractivity contribution in [3.05, 3.63) is 17.5 Å². The van der Waals surface area contributed by atoms with Gasteiger partial charge in [-0.1, -0.05) is 0 Å². The molecular weight excluding hydrogens is 272 g/mol. The number of hydrogen-bond acceptors (Lipinski definition) is 4. The molecule has 2 rings (SSSR count). The van der Waals surface area contributed by atoms with Crippen LogP contribution in [0.4, 0.5) is 0 Å². The van der Waals surface area contributed by atoms with Gasteiger partial charge in [-0.05, 0) is 19.4 Å². The van der Waals surface area contributed by atoms with Gasteiger partial charge in [-0.3, -0.25) is 14.7 Å². The van der Waals surface area contributed by atoms with Crippen LogP contribution >= 0.6 is 0 Å². The standard InChI is InChI=1S/C14H22N4O3/c1-10-7-12(17-16-10)8-15-14(20)11-3-4-13(19)18(9-11)5-6-21-2/h7,11H,3-6,8-9H2,1-2H3,(H,15,20)(H,16,17)/t11-/m0/s1. The highest BCUT2D eigenvalue weighted by molar-refractivity contribution is 5.83. The maximum Gasteiger partial charge on any atom is 0.225 e. The van der Waals surface area contributed by atoms with E-state index in [1.807, 2.05) is 13.0 Å². The molecule has 0 radical (unpaired) electrons. The Morgan fingerprint density at radius 3 is 3.10 bits per heavy atom. The van der Waals surface area contributed by atoms with Crippen LogP contribution in [0.15, 0.2) is 6.07 Å². The van der Waals surface area contributed by atoms with Gasteiger partial charge in [0.2, 0.25) is 11.8 Å². The molecule has 0 saturated carbocycles. The maximum absolute atomic E-state index is 12.2. The highest BCUT2D eigenvalue weighted by Gasteiger charge is 2.29. The van der Waals surface area contributed by atoms with Gasteiger partial charge in [-0.2, -0.15) is 5.10 Å². The molecule has 21 heavy (non-hydrogen) atoms. The first kappa shape index (κ1) is 15.5. The van der Waals surface area contributed by atoms with Crippen LogP contribution < -0.4 is 5.32 Å². The Morgan fingerprint density at radius 1 is 1.62 bits per heavy atom. The van der Waals surface area contributed by atoms with Crippen molar-refractivity contribution in [1.29, 1.82) is 0 Å². The number of piperidine rings is 1. The lowest BCUT2D eigenvalue weighted by Gasteiger charge is -2.31. The number of likely N-dealkylation sites (tertiary alicyclic amines) is 1. The van der Waals surface area contributed by atoms with Crippen LogP contribution in [0.5, 0.6) is 0 Å². The second-order valence-corrected chi connectivity index (χ2v) is 5.33. The summed E-state index contributed by atoms with van der Waals surface area (Å²) < 4.78 is 4.99. The molecular formula is C14H22N4O3. The maximum atomic E-state index is 12.2. The van der Waals surface area contributed by atoms with E-state index in [4.69, 9.17) is 4.74 Å². The van der Waals surface area contributed by atoms with Crippen LogP contribution in [0.2, 0.25) is 0 Å². The molecule has 7 heteroatoms. The van der Waals surface area contributed by atoms with E-state index in [-0.39, 0.29) is 17.7 Å². The highest BCUT2D eigenvalue weighted by atomic mass is 16.5. The first-order chi connectivity index (χ1) is 10.1. The van der Waals surface area contributed by atoms with Crippen molar-refractivity contribution in [2.45, 2.75) is 26.3 Å². The molecule has 1 saturated heterocycles. The largest absolute Gasteiger partial charge is 0.383 e. The Hall–Kier alpha value is -1.89. The number of methoxy groups -OCH3 is 1. The van der Waals surface area contributed by atoms with Crippen LogP contribution in [-0.4, -0.2) is 53.7 Å². The van der Waals surface area contributed by atoms with Gasteiger partial charge in [-0.25, -0.2) is 0 Å². The third kappa shape index (κ3) is 4.29. The van der Waals surface area contributed by atoms with Crippen molar-refractivity contribution in [1.82, 2.24) is 20.4 Å². The smallest absolute Gasteiger partial charge is 0.225 e. The summed E-state index contributed by atoms with van der Waals surface area (Å²) >= 11 is 0. The van der Waals surface area contributed by atoms with Crippen LogP contribution in [0, 0.1) is 12.8 Å². The van der Waals surface area contributed by atoms with E-state index in [9.17, 15) is 9.59 Å². The molecule has 0 aliphatic carbocycles. The van der Waals surface area contributed by atoms with E-state index in [0.29, 0.717) is 39.1 Å². The number of aromatic amines is 1. The first-order valence-corrected chi connectivity index (χ1v) is 7.15. The quantitative estimate of drug-likeness (QED) is 0.785. The molecule has 2 N–H and O–H groups in total. The minimum Gasteiger partial charge on any atom is -0.383 e. The number of ether oxygens (including phenoxy) is 1. The van der Waals surface area contributed by atoms with Gasteiger partial charge in [0.1, 0.15) is 0 Å². The first-order valence-electron chi connectivity index (χ1n) is 7.15. The molecule has 7 nitrogen and oxygen atoms in total. The molecule has 2 heterocycles. The number of rotatable bonds is 6. The van der Waals surface area contributed by atoms with Crippen molar-refractivity contribution in [3.8, 4) is 0 Å². The summed E-state index contributed by atoms with van der Waals surface area (Å²) in [5, 5.41) is 9.80. The fourth-order valence-electron chi connectivity index (χ4n) is 2.43. The van der Waals surface area contributed by atoms with E-state index in [1.54, 1.807) is 12.0 Å². The van der Waals surface area contributed by atoms with Gasteiger partial charge in [-0.15, -0.1) is 0 Å². The summed E-state index contributed by atoms with van der Waals surface area (Å²) in [6, 6.07) is 1.90. The topological polar surface area (TPSA) is 87.3 Å². The molecule has 0 unspecified atom stereocenters. The number of nitrogens with zero attached hydrogens (tertiary/aromatic N) is 2. The minimum atomic E-state index is -0.153. The molecule has 2 amide bonds. The summed E-state index contributed by atoms with van der Waals surface area (Å²) in [4.78, 5) is 25.7. The van der Waals surface area contributed by atoms with Crippen LogP contribution in [0.25, 0.3) is 0 Å². The Morgan fingerprint density at radius 2 is 2.43 bits per heavy atom. The van der Waals surface area contributed by atoms with E-state index in [0.717, 1.165) is 11.4 Å². The van der Waals surface area contributed by atoms with Crippen molar-refractivity contribution >= 4 is 11.8 Å². The lowest BCUT2D eigenvalue weighted by atomic mass is 9.96. The number of hydrogen-bond donors (Lipinski definition) is 2. The Bertz CT molecular complexity index is 500. The molecule has 1 aliphatic heterocycles. The average molecular weight is 294 g/mol. The van der Waals surface area contributed by atoms with Crippen molar-refractivity contribution in [3.63, 3.8) is 0 Å². The number of nitrogens with one attached hydrogen (secondary N) is 2. The monoisotopic (exact) mass is 294 g/mol. The molecule has 0 aromatic carbocycles. The third-order valence-corrected chi connectivity index (χ3v) is 3.64. The number of aryl methyl sites for hydroxylation is 1. The number of aromatic nitrogens is 2. The van der Waals surface area contributed by atoms with E-state index in [1.165, 1.54) is 0 Å². The molecule has 1 fully saturated rings. The molecule has 1 aliphatic rings. The third-order valence-electron chi connectivity index (χ3n) is 3.64. The second kappa shape index (κ2) is 7.21. The van der Waals surface area contributed by atoms with E-state index >= 15 is 0 Å². The zero-order valence-corrected chi connectivity index (χ0v) is 12.5.